The molecule has 0 saturated carbocycles. The largest absolute Gasteiger partial charge is 0.135 e. The summed E-state index contributed by atoms with van der Waals surface area (Å²) in [4.78, 5) is 0. The number of fused-ring (bicyclic) bond motifs is 3. The Bertz CT molecular complexity index is 3170. The minimum atomic E-state index is 1.18. The molecular formula is C60H40S. The Morgan fingerprint density at radius 3 is 1.03 bits per heavy atom. The van der Waals surface area contributed by atoms with E-state index in [2.05, 4.69) is 243 Å². The Morgan fingerprint density at radius 1 is 0.279 bits per heavy atom. The molecule has 0 nitrogen and oxygen atoms in total. The van der Waals surface area contributed by atoms with E-state index in [1.54, 1.807) is 0 Å². The molecule has 11 rings (SSSR count). The first-order valence-electron chi connectivity index (χ1n) is 20.9. The predicted octanol–water partition coefficient (Wildman–Crippen LogP) is 16.7. The lowest BCUT2D eigenvalue weighted by Gasteiger charge is -2.22. The number of thiophene rings is 1. The third-order valence-corrected chi connectivity index (χ3v) is 13.1. The summed E-state index contributed by atoms with van der Waals surface area (Å²) in [5.41, 5.74) is 19.4. The van der Waals surface area contributed by atoms with Crippen LogP contribution in [0, 0.1) is 0 Å². The number of allylic oxidation sites excluding steroid dienone is 5. The van der Waals surface area contributed by atoms with Crippen LogP contribution in [0.1, 0.15) is 27.8 Å². The van der Waals surface area contributed by atoms with Gasteiger partial charge in [0.2, 0.25) is 0 Å². The predicted molar refractivity (Wildman–Crippen MR) is 263 cm³/mol. The first kappa shape index (κ1) is 36.5. The smallest absolute Gasteiger partial charge is 0.0440 e. The van der Waals surface area contributed by atoms with E-state index in [-0.39, 0.29) is 0 Å². The first-order chi connectivity index (χ1) is 30.3. The van der Waals surface area contributed by atoms with Gasteiger partial charge in [0.1, 0.15) is 0 Å². The maximum atomic E-state index is 2.56. The lowest BCUT2D eigenvalue weighted by Crippen LogP contribution is -1.98. The van der Waals surface area contributed by atoms with E-state index in [0.29, 0.717) is 0 Å². The molecule has 1 heteroatoms. The molecule has 1 aromatic heterocycles. The molecule has 0 spiro atoms. The van der Waals surface area contributed by atoms with Gasteiger partial charge in [-0.25, -0.2) is 0 Å². The summed E-state index contributed by atoms with van der Waals surface area (Å²) >= 11 is 1.90. The monoisotopic (exact) mass is 792 g/mol. The molecule has 0 fully saturated rings. The molecule has 0 amide bonds. The fourth-order valence-electron chi connectivity index (χ4n) is 9.34. The Morgan fingerprint density at radius 2 is 0.607 bits per heavy atom. The summed E-state index contributed by atoms with van der Waals surface area (Å²) in [6, 6.07) is 86.2. The number of hydrogen-bond donors (Lipinski definition) is 0. The van der Waals surface area contributed by atoms with Gasteiger partial charge in [-0.05, 0) is 95.6 Å². The van der Waals surface area contributed by atoms with E-state index in [9.17, 15) is 0 Å². The van der Waals surface area contributed by atoms with Crippen molar-refractivity contribution in [3.8, 4) is 33.4 Å². The molecule has 0 N–H and O–H groups in total. The van der Waals surface area contributed by atoms with Gasteiger partial charge in [-0.15, -0.1) is 11.3 Å². The van der Waals surface area contributed by atoms with E-state index >= 15 is 0 Å². The molecule has 1 aliphatic carbocycles. The number of rotatable bonds is 8. The fourth-order valence-corrected chi connectivity index (χ4v) is 10.6. The fraction of sp³-hybridized carbons (Fsp3) is 0. The van der Waals surface area contributed by atoms with Crippen LogP contribution >= 0.6 is 11.3 Å². The van der Waals surface area contributed by atoms with Crippen LogP contribution < -0.4 is 0 Å². The van der Waals surface area contributed by atoms with E-state index in [0.717, 1.165) is 0 Å². The summed E-state index contributed by atoms with van der Waals surface area (Å²) in [6.07, 6.45) is 2.56. The average Bonchev–Trinajstić information content (AvgIpc) is 3.90. The Kier molecular flexibility index (Phi) is 9.50. The van der Waals surface area contributed by atoms with E-state index in [1.807, 2.05) is 11.3 Å². The van der Waals surface area contributed by atoms with Crippen molar-refractivity contribution in [3.05, 3.63) is 270 Å². The normalized spacial score (nSPS) is 12.8. The summed E-state index contributed by atoms with van der Waals surface area (Å²) in [5.74, 6) is 0. The summed E-state index contributed by atoms with van der Waals surface area (Å²) in [7, 11) is 0. The third kappa shape index (κ3) is 6.48. The average molecular weight is 793 g/mol. The summed E-state index contributed by atoms with van der Waals surface area (Å²) in [5, 5.41) is 2.56. The van der Waals surface area contributed by atoms with Crippen LogP contribution in [0.3, 0.4) is 0 Å². The molecule has 10 aromatic rings. The van der Waals surface area contributed by atoms with Gasteiger partial charge in [-0.3, -0.25) is 0 Å². The molecule has 1 heterocycles. The maximum absolute atomic E-state index is 2.56. The second kappa shape index (κ2) is 15.9. The van der Waals surface area contributed by atoms with Crippen LogP contribution in [-0.2, 0) is 0 Å². The van der Waals surface area contributed by atoms with Crippen molar-refractivity contribution in [2.24, 2.45) is 0 Å². The molecule has 286 valence electrons. The van der Waals surface area contributed by atoms with Gasteiger partial charge < -0.3 is 0 Å². The summed E-state index contributed by atoms with van der Waals surface area (Å²) < 4.78 is 2.55. The van der Waals surface area contributed by atoms with Crippen molar-refractivity contribution in [1.29, 1.82) is 0 Å². The van der Waals surface area contributed by atoms with Gasteiger partial charge in [0.15, 0.2) is 0 Å². The number of benzene rings is 9. The highest BCUT2D eigenvalue weighted by atomic mass is 32.1. The second-order valence-corrected chi connectivity index (χ2v) is 16.5. The molecule has 0 bridgehead atoms. The zero-order chi connectivity index (χ0) is 40.5. The second-order valence-electron chi connectivity index (χ2n) is 15.5. The van der Waals surface area contributed by atoms with Crippen molar-refractivity contribution in [1.82, 2.24) is 0 Å². The lowest BCUT2D eigenvalue weighted by atomic mass is 9.81. The highest BCUT2D eigenvalue weighted by Gasteiger charge is 2.34. The van der Waals surface area contributed by atoms with Crippen LogP contribution in [0.4, 0.5) is 0 Å². The van der Waals surface area contributed by atoms with Crippen molar-refractivity contribution >= 4 is 59.9 Å². The topological polar surface area (TPSA) is 0 Å². The SMILES string of the molecule is C(=C1C(c2ccccc2)=C(c2ccccc2)C(c2ccccc2)=C1c1ccccc1)c1c(-c2ccccc2)c(-c2ccccc2)c(-c2ccccc2)c2c1sc1ccccc12. The molecule has 0 aliphatic heterocycles. The Hall–Kier alpha value is -7.58. The number of hydrogen-bond acceptors (Lipinski definition) is 1. The van der Waals surface area contributed by atoms with Crippen molar-refractivity contribution in [2.75, 3.05) is 0 Å². The van der Waals surface area contributed by atoms with E-state index < -0.39 is 0 Å². The van der Waals surface area contributed by atoms with Crippen LogP contribution in [0.5, 0.6) is 0 Å². The minimum absolute atomic E-state index is 1.18. The molecule has 0 radical (unpaired) electrons. The van der Waals surface area contributed by atoms with Crippen LogP contribution in [-0.4, -0.2) is 0 Å². The van der Waals surface area contributed by atoms with Gasteiger partial charge in [0, 0.05) is 25.7 Å². The highest BCUT2D eigenvalue weighted by molar-refractivity contribution is 7.26. The standard InChI is InChI=1S/C60H40S/c1-8-24-41(25-9-1)52-49(53(42-26-10-2-11-27-42)56(45-32-16-5-17-33-45)55(52)44-30-14-4-15-31-44)40-50-54(43-28-12-3-13-29-43)57(46-34-18-6-19-35-46)58(47-36-20-7-21-37-47)59-48-38-22-23-39-51(48)61-60(50)59/h1-40H. The molecule has 1 aliphatic rings. The lowest BCUT2D eigenvalue weighted by molar-refractivity contribution is 1.56. The van der Waals surface area contributed by atoms with E-state index in [4.69, 9.17) is 0 Å². The van der Waals surface area contributed by atoms with Crippen LogP contribution in [0.2, 0.25) is 0 Å². The van der Waals surface area contributed by atoms with Gasteiger partial charge in [0.25, 0.3) is 0 Å². The van der Waals surface area contributed by atoms with Gasteiger partial charge in [0.05, 0.1) is 0 Å². The zero-order valence-corrected chi connectivity index (χ0v) is 34.3. The van der Waals surface area contributed by atoms with Gasteiger partial charge in [-0.2, -0.15) is 0 Å². The molecule has 0 saturated heterocycles. The van der Waals surface area contributed by atoms with Crippen molar-refractivity contribution in [2.45, 2.75) is 0 Å². The van der Waals surface area contributed by atoms with E-state index in [1.165, 1.54) is 109 Å². The van der Waals surface area contributed by atoms with Crippen molar-refractivity contribution < 1.29 is 0 Å². The molecule has 0 atom stereocenters. The Labute approximate surface area is 361 Å². The minimum Gasteiger partial charge on any atom is -0.135 e. The Balaban J connectivity index is 1.39. The summed E-state index contributed by atoms with van der Waals surface area (Å²) in [6.45, 7) is 0. The molecular weight excluding hydrogens is 753 g/mol. The molecule has 0 unspecified atom stereocenters. The van der Waals surface area contributed by atoms with Crippen LogP contribution in [0.25, 0.3) is 81.9 Å². The van der Waals surface area contributed by atoms with Crippen molar-refractivity contribution in [3.63, 3.8) is 0 Å². The van der Waals surface area contributed by atoms with Gasteiger partial charge in [-0.1, -0.05) is 231 Å². The van der Waals surface area contributed by atoms with Gasteiger partial charge >= 0.3 is 0 Å². The quantitative estimate of drug-likeness (QED) is 0.144. The molecule has 61 heavy (non-hydrogen) atoms. The third-order valence-electron chi connectivity index (χ3n) is 11.9. The maximum Gasteiger partial charge on any atom is 0.0440 e. The first-order valence-corrected chi connectivity index (χ1v) is 21.8. The zero-order valence-electron chi connectivity index (χ0n) is 33.5. The van der Waals surface area contributed by atoms with Crippen LogP contribution in [0.15, 0.2) is 242 Å². The highest BCUT2D eigenvalue weighted by Crippen LogP contribution is 2.58. The molecule has 9 aromatic carbocycles.